The molecule has 0 aliphatic heterocycles. The van der Waals surface area contributed by atoms with E-state index in [1.54, 1.807) is 24.3 Å². The molecular weight excluding hydrogens is 297 g/mol. The minimum absolute atomic E-state index is 0.268. The van der Waals surface area contributed by atoms with Gasteiger partial charge in [-0.25, -0.2) is 0 Å². The van der Waals surface area contributed by atoms with Crippen LogP contribution in [0, 0.1) is 0 Å². The van der Waals surface area contributed by atoms with E-state index in [1.807, 2.05) is 19.1 Å². The lowest BCUT2D eigenvalue weighted by molar-refractivity contribution is 0.102. The summed E-state index contributed by atoms with van der Waals surface area (Å²) in [6.07, 6.45) is 0. The van der Waals surface area contributed by atoms with Crippen LogP contribution in [0.1, 0.15) is 17.3 Å². The zero-order valence-corrected chi connectivity index (χ0v) is 12.3. The summed E-state index contributed by atoms with van der Waals surface area (Å²) in [4.78, 5) is 12.2. The van der Waals surface area contributed by atoms with Crippen molar-refractivity contribution in [1.29, 1.82) is 0 Å². The minimum Gasteiger partial charge on any atom is -0.492 e. The van der Waals surface area contributed by atoms with Gasteiger partial charge >= 0.3 is 0 Å². The molecule has 0 aromatic heterocycles. The zero-order valence-electron chi connectivity index (χ0n) is 10.8. The van der Waals surface area contributed by atoms with Gasteiger partial charge in [0, 0.05) is 5.56 Å². The third kappa shape index (κ3) is 3.44. The van der Waals surface area contributed by atoms with Crippen LogP contribution in [0.5, 0.6) is 5.75 Å². The summed E-state index contributed by atoms with van der Waals surface area (Å²) < 4.78 is 5.45. The van der Waals surface area contributed by atoms with Crippen LogP contribution in [0.25, 0.3) is 0 Å². The average molecular weight is 310 g/mol. The maximum Gasteiger partial charge on any atom is 0.255 e. The molecule has 0 radical (unpaired) electrons. The van der Waals surface area contributed by atoms with E-state index in [-0.39, 0.29) is 5.91 Å². The van der Waals surface area contributed by atoms with E-state index in [9.17, 15) is 4.79 Å². The highest BCUT2D eigenvalue weighted by atomic mass is 35.5. The van der Waals surface area contributed by atoms with Gasteiger partial charge in [0.15, 0.2) is 0 Å². The second-order valence-electron chi connectivity index (χ2n) is 4.01. The molecule has 0 bridgehead atoms. The van der Waals surface area contributed by atoms with Crippen LogP contribution in [-0.4, -0.2) is 12.5 Å². The zero-order chi connectivity index (χ0) is 14.5. The molecule has 2 aromatic rings. The molecule has 2 aromatic carbocycles. The molecule has 0 spiro atoms. The SMILES string of the molecule is CCOc1ccccc1NC(=O)c1ccc(Cl)c(Cl)c1. The predicted molar refractivity (Wildman–Crippen MR) is 82.0 cm³/mol. The maximum atomic E-state index is 12.2. The van der Waals surface area contributed by atoms with E-state index < -0.39 is 0 Å². The Hall–Kier alpha value is -1.71. The summed E-state index contributed by atoms with van der Waals surface area (Å²) in [5.41, 5.74) is 1.05. The summed E-state index contributed by atoms with van der Waals surface area (Å²) in [6.45, 7) is 2.41. The van der Waals surface area contributed by atoms with Crippen LogP contribution in [0.2, 0.25) is 10.0 Å². The van der Waals surface area contributed by atoms with Gasteiger partial charge in [0.1, 0.15) is 5.75 Å². The number of anilines is 1. The summed E-state index contributed by atoms with van der Waals surface area (Å²) in [6, 6.07) is 12.0. The Bertz CT molecular complexity index is 629. The van der Waals surface area contributed by atoms with Crippen LogP contribution >= 0.6 is 23.2 Å². The van der Waals surface area contributed by atoms with E-state index in [1.165, 1.54) is 6.07 Å². The minimum atomic E-state index is -0.268. The number of hydrogen-bond donors (Lipinski definition) is 1. The largest absolute Gasteiger partial charge is 0.492 e. The first-order valence-corrected chi connectivity index (χ1v) is 6.85. The number of hydrogen-bond acceptors (Lipinski definition) is 2. The quantitative estimate of drug-likeness (QED) is 0.893. The topological polar surface area (TPSA) is 38.3 Å². The number of halogens is 2. The first kappa shape index (κ1) is 14.7. The highest BCUT2D eigenvalue weighted by Crippen LogP contribution is 2.26. The summed E-state index contributed by atoms with van der Waals surface area (Å²) in [5.74, 6) is 0.360. The normalized spacial score (nSPS) is 10.2. The lowest BCUT2D eigenvalue weighted by Gasteiger charge is -2.11. The van der Waals surface area contributed by atoms with Gasteiger partial charge < -0.3 is 10.1 Å². The van der Waals surface area contributed by atoms with Crippen molar-refractivity contribution in [3.8, 4) is 5.75 Å². The number of benzene rings is 2. The third-order valence-electron chi connectivity index (χ3n) is 2.62. The van der Waals surface area contributed by atoms with Crippen LogP contribution in [0.3, 0.4) is 0 Å². The van der Waals surface area contributed by atoms with Crippen molar-refractivity contribution in [2.45, 2.75) is 6.92 Å². The van der Waals surface area contributed by atoms with Crippen LogP contribution < -0.4 is 10.1 Å². The van der Waals surface area contributed by atoms with Crippen molar-refractivity contribution < 1.29 is 9.53 Å². The van der Waals surface area contributed by atoms with Gasteiger partial charge in [-0.1, -0.05) is 35.3 Å². The van der Waals surface area contributed by atoms with E-state index in [2.05, 4.69) is 5.32 Å². The van der Waals surface area contributed by atoms with E-state index in [0.29, 0.717) is 33.7 Å². The van der Waals surface area contributed by atoms with Gasteiger partial charge in [-0.15, -0.1) is 0 Å². The number of nitrogens with one attached hydrogen (secondary N) is 1. The highest BCUT2D eigenvalue weighted by molar-refractivity contribution is 6.42. The van der Waals surface area contributed by atoms with Crippen molar-refractivity contribution in [2.75, 3.05) is 11.9 Å². The molecule has 5 heteroatoms. The fourth-order valence-corrected chi connectivity index (χ4v) is 1.98. The lowest BCUT2D eigenvalue weighted by Crippen LogP contribution is -2.12. The van der Waals surface area contributed by atoms with Crippen molar-refractivity contribution in [3.63, 3.8) is 0 Å². The van der Waals surface area contributed by atoms with Gasteiger partial charge in [-0.2, -0.15) is 0 Å². The first-order chi connectivity index (χ1) is 9.61. The van der Waals surface area contributed by atoms with Crippen molar-refractivity contribution in [3.05, 3.63) is 58.1 Å². The molecule has 1 N–H and O–H groups in total. The Morgan fingerprint density at radius 3 is 2.60 bits per heavy atom. The number of amides is 1. The number of rotatable bonds is 4. The highest BCUT2D eigenvalue weighted by Gasteiger charge is 2.11. The molecule has 1 amide bonds. The third-order valence-corrected chi connectivity index (χ3v) is 3.36. The van der Waals surface area contributed by atoms with E-state index in [0.717, 1.165) is 0 Å². The molecule has 0 aliphatic rings. The Morgan fingerprint density at radius 2 is 1.90 bits per heavy atom. The summed E-state index contributed by atoms with van der Waals surface area (Å²) in [7, 11) is 0. The monoisotopic (exact) mass is 309 g/mol. The Morgan fingerprint density at radius 1 is 1.15 bits per heavy atom. The number of para-hydroxylation sites is 2. The van der Waals surface area contributed by atoms with Gasteiger partial charge in [-0.05, 0) is 37.3 Å². The molecular formula is C15H13Cl2NO2. The van der Waals surface area contributed by atoms with Crippen molar-refractivity contribution >= 4 is 34.8 Å². The summed E-state index contributed by atoms with van der Waals surface area (Å²) >= 11 is 11.7. The van der Waals surface area contributed by atoms with Crippen molar-refractivity contribution in [1.82, 2.24) is 0 Å². The Labute approximate surface area is 127 Å². The molecule has 0 heterocycles. The van der Waals surface area contributed by atoms with Gasteiger partial charge in [0.05, 0.1) is 22.3 Å². The lowest BCUT2D eigenvalue weighted by atomic mass is 10.2. The molecule has 20 heavy (non-hydrogen) atoms. The number of carbonyl (C=O) groups excluding carboxylic acids is 1. The molecule has 3 nitrogen and oxygen atoms in total. The van der Waals surface area contributed by atoms with Gasteiger partial charge in [0.25, 0.3) is 5.91 Å². The van der Waals surface area contributed by atoms with E-state index >= 15 is 0 Å². The Balaban J connectivity index is 2.21. The number of carbonyl (C=O) groups is 1. The molecule has 2 rings (SSSR count). The average Bonchev–Trinajstić information content (AvgIpc) is 2.44. The molecule has 0 unspecified atom stereocenters. The maximum absolute atomic E-state index is 12.2. The standard InChI is InChI=1S/C15H13Cl2NO2/c1-2-20-14-6-4-3-5-13(14)18-15(19)10-7-8-11(16)12(17)9-10/h3-9H,2H2,1H3,(H,18,19). The second kappa shape index (κ2) is 6.64. The van der Waals surface area contributed by atoms with E-state index in [4.69, 9.17) is 27.9 Å². The van der Waals surface area contributed by atoms with Crippen LogP contribution in [0.4, 0.5) is 5.69 Å². The molecule has 0 saturated heterocycles. The van der Waals surface area contributed by atoms with Crippen LogP contribution in [-0.2, 0) is 0 Å². The molecule has 0 fully saturated rings. The van der Waals surface area contributed by atoms with Gasteiger partial charge in [-0.3, -0.25) is 4.79 Å². The number of ether oxygens (including phenoxy) is 1. The Kier molecular flexibility index (Phi) is 4.88. The fraction of sp³-hybridized carbons (Fsp3) is 0.133. The van der Waals surface area contributed by atoms with Gasteiger partial charge in [0.2, 0.25) is 0 Å². The molecule has 0 saturated carbocycles. The molecule has 0 aliphatic carbocycles. The molecule has 0 atom stereocenters. The molecule has 104 valence electrons. The van der Waals surface area contributed by atoms with Crippen LogP contribution in [0.15, 0.2) is 42.5 Å². The second-order valence-corrected chi connectivity index (χ2v) is 4.83. The fourth-order valence-electron chi connectivity index (χ4n) is 1.68. The summed E-state index contributed by atoms with van der Waals surface area (Å²) in [5, 5.41) is 3.55. The van der Waals surface area contributed by atoms with Crippen molar-refractivity contribution in [2.24, 2.45) is 0 Å². The first-order valence-electron chi connectivity index (χ1n) is 6.10. The smallest absolute Gasteiger partial charge is 0.255 e. The predicted octanol–water partition coefficient (Wildman–Crippen LogP) is 4.64.